The van der Waals surface area contributed by atoms with Gasteiger partial charge in [-0.3, -0.25) is 4.79 Å². The molecule has 0 aromatic heterocycles. The Hall–Kier alpha value is -2.12. The van der Waals surface area contributed by atoms with Crippen LogP contribution in [0.15, 0.2) is 29.4 Å². The lowest BCUT2D eigenvalue weighted by Gasteiger charge is -2.16. The van der Waals surface area contributed by atoms with Crippen LogP contribution < -0.4 is 0 Å². The molecule has 0 spiro atoms. The first kappa shape index (κ1) is 14.9. The third-order valence-corrected chi connectivity index (χ3v) is 2.31. The van der Waals surface area contributed by atoms with Crippen LogP contribution in [-0.4, -0.2) is 34.2 Å². The highest BCUT2D eigenvalue weighted by Crippen LogP contribution is 2.28. The van der Waals surface area contributed by atoms with Gasteiger partial charge in [0.05, 0.1) is 12.0 Å². The molecule has 19 heavy (non-hydrogen) atoms. The summed E-state index contributed by atoms with van der Waals surface area (Å²) >= 11 is 0. The number of hydrogen-bond donors (Lipinski definition) is 2. The Morgan fingerprint density at radius 3 is 2.37 bits per heavy atom. The summed E-state index contributed by atoms with van der Waals surface area (Å²) in [5, 5.41) is 19.7. The van der Waals surface area contributed by atoms with E-state index in [0.29, 0.717) is 0 Å². The molecule has 0 radical (unpaired) electrons. The number of ketones is 1. The summed E-state index contributed by atoms with van der Waals surface area (Å²) in [5.41, 5.74) is -1.98. The van der Waals surface area contributed by atoms with Gasteiger partial charge < -0.3 is 10.3 Å². The van der Waals surface area contributed by atoms with Crippen LogP contribution in [0.25, 0.3) is 0 Å². The molecule has 8 heteroatoms. The Bertz CT molecular complexity index is 502. The monoisotopic (exact) mass is 279 g/mol. The number of benzene rings is 1. The van der Waals surface area contributed by atoms with Crippen LogP contribution in [0.1, 0.15) is 16.8 Å². The Kier molecular flexibility index (Phi) is 4.47. The smallest absolute Gasteiger partial charge is 0.348 e. The van der Waals surface area contributed by atoms with Gasteiger partial charge in [0.15, 0.2) is 5.78 Å². The van der Waals surface area contributed by atoms with Gasteiger partial charge in [0.25, 0.3) is 0 Å². The van der Waals surface area contributed by atoms with Crippen molar-refractivity contribution in [2.45, 2.75) is 18.8 Å². The standard InChI is InChI=1S/C11H9F4NO3/c12-10(13)11(14,15)9(16-19)5-8(18)6-3-1-2-4-7(6)17/h1-4,10,17,19H,5H2. The molecule has 0 saturated heterocycles. The number of carbonyl (C=O) groups is 1. The Balaban J connectivity index is 2.96. The van der Waals surface area contributed by atoms with Crippen molar-refractivity contribution in [3.63, 3.8) is 0 Å². The summed E-state index contributed by atoms with van der Waals surface area (Å²) in [6.07, 6.45) is -5.33. The lowest BCUT2D eigenvalue weighted by Crippen LogP contribution is -2.38. The molecule has 0 aliphatic heterocycles. The molecule has 0 bridgehead atoms. The Morgan fingerprint density at radius 1 is 1.32 bits per heavy atom. The second kappa shape index (κ2) is 5.68. The van der Waals surface area contributed by atoms with E-state index in [1.54, 1.807) is 0 Å². The number of rotatable bonds is 5. The van der Waals surface area contributed by atoms with Gasteiger partial charge in [-0.1, -0.05) is 17.3 Å². The topological polar surface area (TPSA) is 69.9 Å². The van der Waals surface area contributed by atoms with Crippen molar-refractivity contribution < 1.29 is 32.7 Å². The minimum Gasteiger partial charge on any atom is -0.507 e. The van der Waals surface area contributed by atoms with Crippen LogP contribution in [0.5, 0.6) is 5.75 Å². The third kappa shape index (κ3) is 3.21. The summed E-state index contributed by atoms with van der Waals surface area (Å²) < 4.78 is 50.0. The predicted molar refractivity (Wildman–Crippen MR) is 57.2 cm³/mol. The zero-order valence-corrected chi connectivity index (χ0v) is 9.36. The van der Waals surface area contributed by atoms with E-state index in [0.717, 1.165) is 12.1 Å². The lowest BCUT2D eigenvalue weighted by atomic mass is 10.0. The molecule has 0 atom stereocenters. The number of halogens is 4. The van der Waals surface area contributed by atoms with Gasteiger partial charge in [0, 0.05) is 0 Å². The molecule has 1 aromatic rings. The van der Waals surface area contributed by atoms with E-state index in [1.165, 1.54) is 12.1 Å². The molecule has 1 rings (SSSR count). The van der Waals surface area contributed by atoms with Gasteiger partial charge in [-0.25, -0.2) is 8.78 Å². The van der Waals surface area contributed by atoms with E-state index in [2.05, 4.69) is 5.16 Å². The highest BCUT2D eigenvalue weighted by molar-refractivity contribution is 6.12. The van der Waals surface area contributed by atoms with Crippen LogP contribution in [0.4, 0.5) is 17.6 Å². The number of phenols is 1. The molecule has 1 aromatic carbocycles. The fourth-order valence-electron chi connectivity index (χ4n) is 1.30. The van der Waals surface area contributed by atoms with Gasteiger partial charge in [0.1, 0.15) is 11.5 Å². The molecular formula is C11H9F4NO3. The number of nitrogens with zero attached hydrogens (tertiary/aromatic N) is 1. The largest absolute Gasteiger partial charge is 0.507 e. The number of aromatic hydroxyl groups is 1. The number of para-hydroxylation sites is 1. The SMILES string of the molecule is O=C(CC(=NO)C(F)(F)C(F)F)c1ccccc1O. The van der Waals surface area contributed by atoms with Gasteiger partial charge in [-0.05, 0) is 12.1 Å². The quantitative estimate of drug-likeness (QED) is 0.286. The van der Waals surface area contributed by atoms with Gasteiger partial charge in [-0.15, -0.1) is 0 Å². The summed E-state index contributed by atoms with van der Waals surface area (Å²) in [6.45, 7) is 0. The van der Waals surface area contributed by atoms with Crippen molar-refractivity contribution >= 4 is 11.5 Å². The van der Waals surface area contributed by atoms with Gasteiger partial charge in [-0.2, -0.15) is 8.78 Å². The highest BCUT2D eigenvalue weighted by Gasteiger charge is 2.47. The Morgan fingerprint density at radius 2 is 1.89 bits per heavy atom. The number of alkyl halides is 4. The van der Waals surface area contributed by atoms with E-state index in [9.17, 15) is 27.5 Å². The summed E-state index contributed by atoms with van der Waals surface area (Å²) in [7, 11) is 0. The van der Waals surface area contributed by atoms with Crippen LogP contribution in [0, 0.1) is 0 Å². The van der Waals surface area contributed by atoms with Crippen molar-refractivity contribution in [3.05, 3.63) is 29.8 Å². The molecule has 0 aliphatic rings. The van der Waals surface area contributed by atoms with E-state index in [1.807, 2.05) is 0 Å². The van der Waals surface area contributed by atoms with E-state index in [-0.39, 0.29) is 5.56 Å². The number of oxime groups is 1. The van der Waals surface area contributed by atoms with Gasteiger partial charge in [0.2, 0.25) is 0 Å². The fourth-order valence-corrected chi connectivity index (χ4v) is 1.30. The third-order valence-electron chi connectivity index (χ3n) is 2.31. The number of hydrogen-bond acceptors (Lipinski definition) is 4. The first-order valence-corrected chi connectivity index (χ1v) is 4.99. The molecule has 0 fully saturated rings. The van der Waals surface area contributed by atoms with Gasteiger partial charge >= 0.3 is 12.3 Å². The normalized spacial score (nSPS) is 12.8. The van der Waals surface area contributed by atoms with Crippen LogP contribution >= 0.6 is 0 Å². The summed E-state index contributed by atoms with van der Waals surface area (Å²) in [4.78, 5) is 11.6. The van der Waals surface area contributed by atoms with Crippen LogP contribution in [0.2, 0.25) is 0 Å². The zero-order chi connectivity index (χ0) is 14.6. The number of Topliss-reactive ketones (excluding diaryl/α,β-unsaturated/α-hetero) is 1. The van der Waals surface area contributed by atoms with Crippen LogP contribution in [0.3, 0.4) is 0 Å². The maximum Gasteiger partial charge on any atom is 0.348 e. The predicted octanol–water partition coefficient (Wildman–Crippen LogP) is 2.70. The average Bonchev–Trinajstić information content (AvgIpc) is 2.35. The molecule has 0 saturated carbocycles. The minimum absolute atomic E-state index is 0.325. The minimum atomic E-state index is -4.71. The second-order valence-corrected chi connectivity index (χ2v) is 3.59. The van der Waals surface area contributed by atoms with E-state index >= 15 is 0 Å². The maximum absolute atomic E-state index is 12.9. The molecule has 0 amide bonds. The van der Waals surface area contributed by atoms with Crippen molar-refractivity contribution in [2.24, 2.45) is 5.16 Å². The van der Waals surface area contributed by atoms with Crippen molar-refractivity contribution in [1.82, 2.24) is 0 Å². The van der Waals surface area contributed by atoms with Crippen LogP contribution in [-0.2, 0) is 0 Å². The lowest BCUT2D eigenvalue weighted by molar-refractivity contribution is -0.0774. The molecule has 0 aliphatic carbocycles. The summed E-state index contributed by atoms with van der Waals surface area (Å²) in [6, 6.07) is 5.01. The number of carbonyl (C=O) groups excluding carboxylic acids is 1. The van der Waals surface area contributed by atoms with E-state index < -0.39 is 36.0 Å². The molecule has 2 N–H and O–H groups in total. The van der Waals surface area contributed by atoms with Crippen molar-refractivity contribution in [1.29, 1.82) is 0 Å². The Labute approximate surface area is 105 Å². The molecule has 4 nitrogen and oxygen atoms in total. The first-order valence-electron chi connectivity index (χ1n) is 4.99. The number of phenolic OH excluding ortho intramolecular Hbond substituents is 1. The second-order valence-electron chi connectivity index (χ2n) is 3.59. The van der Waals surface area contributed by atoms with E-state index in [4.69, 9.17) is 5.21 Å². The highest BCUT2D eigenvalue weighted by atomic mass is 19.3. The molecule has 0 heterocycles. The van der Waals surface area contributed by atoms with Crippen molar-refractivity contribution in [3.8, 4) is 5.75 Å². The first-order chi connectivity index (χ1) is 8.80. The molecule has 0 unspecified atom stereocenters. The fraction of sp³-hybridized carbons (Fsp3) is 0.273. The summed E-state index contributed by atoms with van der Waals surface area (Å²) in [5.74, 6) is -6.26. The zero-order valence-electron chi connectivity index (χ0n) is 9.36. The molecular weight excluding hydrogens is 270 g/mol. The molecule has 104 valence electrons. The average molecular weight is 279 g/mol. The van der Waals surface area contributed by atoms with Crippen molar-refractivity contribution in [2.75, 3.05) is 0 Å². The maximum atomic E-state index is 12.9.